The molecule has 1 amide bonds. The third kappa shape index (κ3) is 3.80. The minimum Gasteiger partial charge on any atom is -0.321 e. The number of rotatable bonds is 4. The number of carbonyl (C=O) groups excluding carboxylic acids is 2. The van der Waals surface area contributed by atoms with Crippen molar-refractivity contribution in [2.24, 2.45) is 0 Å². The van der Waals surface area contributed by atoms with Gasteiger partial charge in [-0.05, 0) is 44.2 Å². The van der Waals surface area contributed by atoms with Gasteiger partial charge in [-0.15, -0.1) is 0 Å². The number of amides is 1. The lowest BCUT2D eigenvalue weighted by Crippen LogP contribution is -2.36. The van der Waals surface area contributed by atoms with E-state index in [4.69, 9.17) is 0 Å². The Labute approximate surface area is 160 Å². The molecule has 0 saturated carbocycles. The summed E-state index contributed by atoms with van der Waals surface area (Å²) in [5, 5.41) is 6.01. The average molecular weight is 412 g/mol. The Bertz CT molecular complexity index is 1100. The highest BCUT2D eigenvalue weighted by atomic mass is 19.4. The lowest BCUT2D eigenvalue weighted by atomic mass is 10.1. The Morgan fingerprint density at radius 2 is 1.66 bits per heavy atom. The molecule has 2 aromatic heterocycles. The van der Waals surface area contributed by atoms with Gasteiger partial charge in [0.2, 0.25) is 0 Å². The van der Waals surface area contributed by atoms with Crippen LogP contribution in [0.1, 0.15) is 39.2 Å². The van der Waals surface area contributed by atoms with Crippen LogP contribution in [-0.2, 0) is 5.92 Å². The fourth-order valence-corrected chi connectivity index (χ4v) is 2.56. The first kappa shape index (κ1) is 20.4. The van der Waals surface area contributed by atoms with E-state index in [2.05, 4.69) is 15.4 Å². The number of aryl methyl sites for hydroxylation is 1. The van der Waals surface area contributed by atoms with Crippen LogP contribution >= 0.6 is 0 Å². The van der Waals surface area contributed by atoms with Gasteiger partial charge in [-0.1, -0.05) is 0 Å². The lowest BCUT2D eigenvalue weighted by molar-refractivity contribution is -0.291. The Morgan fingerprint density at radius 3 is 2.21 bits per heavy atom. The highest BCUT2D eigenvalue weighted by Gasteiger charge is 2.60. The number of ketones is 1. The number of alkyl halides is 5. The fourth-order valence-electron chi connectivity index (χ4n) is 2.56. The summed E-state index contributed by atoms with van der Waals surface area (Å²) in [6, 6.07) is 7.38. The van der Waals surface area contributed by atoms with Gasteiger partial charge in [0.1, 0.15) is 5.69 Å². The number of Topliss-reactive ketones (excluding diaryl/α,β-unsaturated/α-hetero) is 1. The van der Waals surface area contributed by atoms with Crippen molar-refractivity contribution in [3.8, 4) is 0 Å². The van der Waals surface area contributed by atoms with Crippen LogP contribution in [0.3, 0.4) is 0 Å². The van der Waals surface area contributed by atoms with Crippen LogP contribution in [0.2, 0.25) is 0 Å². The van der Waals surface area contributed by atoms with E-state index >= 15 is 0 Å². The van der Waals surface area contributed by atoms with E-state index in [0.717, 1.165) is 6.07 Å². The normalized spacial score (nSPS) is 12.2. The Hall–Kier alpha value is -3.37. The fraction of sp³-hybridized carbons (Fsp3) is 0.222. The first-order valence-electron chi connectivity index (χ1n) is 8.15. The minimum atomic E-state index is -5.85. The second kappa shape index (κ2) is 6.90. The molecule has 0 aliphatic heterocycles. The van der Waals surface area contributed by atoms with Crippen molar-refractivity contribution < 1.29 is 31.5 Å². The Kier molecular flexibility index (Phi) is 4.85. The molecule has 1 aromatic carbocycles. The van der Waals surface area contributed by atoms with Crippen molar-refractivity contribution >= 4 is 23.0 Å². The average Bonchev–Trinajstić information content (AvgIpc) is 3.04. The maximum Gasteiger partial charge on any atom is 0.459 e. The monoisotopic (exact) mass is 412 g/mol. The summed E-state index contributed by atoms with van der Waals surface area (Å²) in [5.74, 6) is -6.21. The van der Waals surface area contributed by atoms with Crippen LogP contribution in [0.4, 0.5) is 27.6 Å². The molecule has 0 saturated heterocycles. The van der Waals surface area contributed by atoms with Crippen LogP contribution in [0.5, 0.6) is 0 Å². The molecule has 0 bridgehead atoms. The van der Waals surface area contributed by atoms with Gasteiger partial charge in [-0.25, -0.2) is 9.50 Å². The van der Waals surface area contributed by atoms with Gasteiger partial charge in [0.25, 0.3) is 5.91 Å². The van der Waals surface area contributed by atoms with Crippen LogP contribution in [0, 0.1) is 6.92 Å². The van der Waals surface area contributed by atoms with Gasteiger partial charge in [-0.3, -0.25) is 9.59 Å². The molecule has 0 aliphatic rings. The van der Waals surface area contributed by atoms with E-state index in [1.807, 2.05) is 0 Å². The van der Waals surface area contributed by atoms with Gasteiger partial charge in [0.15, 0.2) is 17.1 Å². The van der Waals surface area contributed by atoms with Crippen molar-refractivity contribution in [3.05, 3.63) is 59.0 Å². The van der Waals surface area contributed by atoms with Gasteiger partial charge >= 0.3 is 12.1 Å². The maximum absolute atomic E-state index is 13.9. The molecule has 0 unspecified atom stereocenters. The molecule has 29 heavy (non-hydrogen) atoms. The number of nitrogens with zero attached hydrogens (tertiary/aromatic N) is 3. The Morgan fingerprint density at radius 1 is 1.03 bits per heavy atom. The zero-order valence-corrected chi connectivity index (χ0v) is 15.0. The molecular weight excluding hydrogens is 399 g/mol. The lowest BCUT2D eigenvalue weighted by Gasteiger charge is -2.20. The molecule has 0 spiro atoms. The van der Waals surface area contributed by atoms with E-state index in [1.54, 1.807) is 0 Å². The van der Waals surface area contributed by atoms with Crippen molar-refractivity contribution in [2.75, 3.05) is 5.32 Å². The van der Waals surface area contributed by atoms with Crippen LogP contribution in [-0.4, -0.2) is 32.5 Å². The summed E-state index contributed by atoms with van der Waals surface area (Å²) in [6.45, 7) is 2.62. The summed E-state index contributed by atoms with van der Waals surface area (Å²) in [5.41, 5.74) is -1.59. The molecule has 152 valence electrons. The summed E-state index contributed by atoms with van der Waals surface area (Å²) in [6.07, 6.45) is -5.85. The largest absolute Gasteiger partial charge is 0.459 e. The highest BCUT2D eigenvalue weighted by Crippen LogP contribution is 2.43. The topological polar surface area (TPSA) is 76.4 Å². The highest BCUT2D eigenvalue weighted by molar-refractivity contribution is 6.03. The Balaban J connectivity index is 1.98. The van der Waals surface area contributed by atoms with Crippen LogP contribution < -0.4 is 5.32 Å². The van der Waals surface area contributed by atoms with Crippen LogP contribution in [0.15, 0.2) is 36.4 Å². The maximum atomic E-state index is 13.9. The molecule has 11 heteroatoms. The number of aromatic nitrogens is 3. The van der Waals surface area contributed by atoms with Gasteiger partial charge in [0, 0.05) is 23.0 Å². The second-order valence-electron chi connectivity index (χ2n) is 6.24. The number of halogens is 5. The number of benzene rings is 1. The molecule has 3 aromatic rings. The zero-order chi connectivity index (χ0) is 21.6. The van der Waals surface area contributed by atoms with E-state index < -0.39 is 29.4 Å². The third-order valence-corrected chi connectivity index (χ3v) is 4.01. The molecule has 0 atom stereocenters. The second-order valence-corrected chi connectivity index (χ2v) is 6.24. The molecule has 0 fully saturated rings. The van der Waals surface area contributed by atoms with E-state index in [9.17, 15) is 31.5 Å². The summed E-state index contributed by atoms with van der Waals surface area (Å²) in [4.78, 5) is 27.5. The quantitative estimate of drug-likeness (QED) is 0.516. The first-order chi connectivity index (χ1) is 13.4. The van der Waals surface area contributed by atoms with Crippen molar-refractivity contribution in [2.45, 2.75) is 25.9 Å². The number of anilines is 1. The van der Waals surface area contributed by atoms with E-state index in [1.165, 1.54) is 38.1 Å². The number of hydrogen-bond donors (Lipinski definition) is 1. The van der Waals surface area contributed by atoms with Crippen molar-refractivity contribution in [1.29, 1.82) is 0 Å². The molecular formula is C18H13F5N4O2. The van der Waals surface area contributed by atoms with E-state index in [-0.39, 0.29) is 22.8 Å². The summed E-state index contributed by atoms with van der Waals surface area (Å²) >= 11 is 0. The smallest absolute Gasteiger partial charge is 0.321 e. The van der Waals surface area contributed by atoms with E-state index in [0.29, 0.717) is 16.1 Å². The molecule has 3 rings (SSSR count). The number of carbonyl (C=O) groups is 2. The SMILES string of the molecule is CC(=O)c1ccc(NC(=O)c2cc3nc(C)cc(C(F)(F)C(F)(F)F)n3n2)cc1. The van der Waals surface area contributed by atoms with Crippen molar-refractivity contribution in [3.63, 3.8) is 0 Å². The summed E-state index contributed by atoms with van der Waals surface area (Å²) < 4.78 is 66.5. The predicted molar refractivity (Wildman–Crippen MR) is 92.1 cm³/mol. The summed E-state index contributed by atoms with van der Waals surface area (Å²) in [7, 11) is 0. The molecule has 6 nitrogen and oxygen atoms in total. The first-order valence-corrected chi connectivity index (χ1v) is 8.15. The number of hydrogen-bond acceptors (Lipinski definition) is 4. The standard InChI is InChI=1S/C18H13F5N4O2/c1-9-7-14(17(19,20)18(21,22)23)27-15(24-9)8-13(26-27)16(29)25-12-5-3-11(4-6-12)10(2)28/h3-8H,1-2H3,(H,25,29). The van der Waals surface area contributed by atoms with Crippen molar-refractivity contribution in [1.82, 2.24) is 14.6 Å². The number of fused-ring (bicyclic) bond motifs is 1. The molecule has 0 radical (unpaired) electrons. The van der Waals surface area contributed by atoms with Gasteiger partial charge in [0.05, 0.1) is 0 Å². The number of nitrogens with one attached hydrogen (secondary N) is 1. The zero-order valence-electron chi connectivity index (χ0n) is 15.0. The predicted octanol–water partition coefficient (Wildman–Crippen LogP) is 4.15. The third-order valence-electron chi connectivity index (χ3n) is 4.01. The molecule has 1 N–H and O–H groups in total. The molecule has 2 heterocycles. The van der Waals surface area contributed by atoms with Gasteiger partial charge in [-0.2, -0.15) is 27.1 Å². The van der Waals surface area contributed by atoms with Gasteiger partial charge < -0.3 is 5.32 Å². The molecule has 0 aliphatic carbocycles. The van der Waals surface area contributed by atoms with Crippen LogP contribution in [0.25, 0.3) is 5.65 Å². The minimum absolute atomic E-state index is 0.0943.